The lowest BCUT2D eigenvalue weighted by atomic mass is 10.0. The molecule has 0 fully saturated rings. The first kappa shape index (κ1) is 15.6. The molecule has 114 valence electrons. The summed E-state index contributed by atoms with van der Waals surface area (Å²) >= 11 is 0. The van der Waals surface area contributed by atoms with Crippen molar-refractivity contribution in [2.75, 3.05) is 7.05 Å². The fourth-order valence-corrected chi connectivity index (χ4v) is 2.40. The zero-order valence-corrected chi connectivity index (χ0v) is 13.5. The Bertz CT molecular complexity index is 572. The van der Waals surface area contributed by atoms with Crippen LogP contribution in [0.1, 0.15) is 55.3 Å². The van der Waals surface area contributed by atoms with Crippen molar-refractivity contribution in [3.8, 4) is 5.75 Å². The number of aromatic amines is 1. The van der Waals surface area contributed by atoms with Gasteiger partial charge in [0.1, 0.15) is 17.5 Å². The average molecular weight is 287 g/mol. The molecule has 0 radical (unpaired) electrons. The number of rotatable bonds is 6. The van der Waals surface area contributed by atoms with Crippen molar-refractivity contribution >= 4 is 0 Å². The van der Waals surface area contributed by atoms with E-state index in [1.54, 1.807) is 0 Å². The van der Waals surface area contributed by atoms with Crippen LogP contribution < -0.4 is 10.1 Å². The Morgan fingerprint density at radius 3 is 2.43 bits per heavy atom. The van der Waals surface area contributed by atoms with E-state index in [9.17, 15) is 0 Å². The van der Waals surface area contributed by atoms with Crippen LogP contribution in [-0.4, -0.2) is 17.2 Å². The molecule has 21 heavy (non-hydrogen) atoms. The summed E-state index contributed by atoms with van der Waals surface area (Å²) in [4.78, 5) is 0. The summed E-state index contributed by atoms with van der Waals surface area (Å²) in [7, 11) is 1.94. The summed E-state index contributed by atoms with van der Waals surface area (Å²) < 4.78 is 6.03. The molecule has 1 unspecified atom stereocenters. The first-order chi connectivity index (χ1) is 10.0. The molecule has 1 atom stereocenters. The quantitative estimate of drug-likeness (QED) is 0.851. The SMILES string of the molecule is CNCc1c(C(C)Oc2ccc(C(C)C)cc2)n[nH]c1C. The van der Waals surface area contributed by atoms with E-state index in [0.717, 1.165) is 23.7 Å². The van der Waals surface area contributed by atoms with E-state index in [1.165, 1.54) is 11.1 Å². The molecule has 0 amide bonds. The summed E-state index contributed by atoms with van der Waals surface area (Å²) in [5.41, 5.74) is 4.56. The molecule has 1 aromatic heterocycles. The summed E-state index contributed by atoms with van der Waals surface area (Å²) in [5.74, 6) is 1.41. The highest BCUT2D eigenvalue weighted by atomic mass is 16.5. The molecule has 4 nitrogen and oxygen atoms in total. The fraction of sp³-hybridized carbons (Fsp3) is 0.471. The largest absolute Gasteiger partial charge is 0.484 e. The number of benzene rings is 1. The predicted octanol–water partition coefficient (Wildman–Crippen LogP) is 3.70. The van der Waals surface area contributed by atoms with Crippen molar-refractivity contribution in [1.29, 1.82) is 0 Å². The van der Waals surface area contributed by atoms with E-state index in [2.05, 4.69) is 41.5 Å². The van der Waals surface area contributed by atoms with Gasteiger partial charge in [-0.25, -0.2) is 0 Å². The molecule has 2 N–H and O–H groups in total. The molecule has 1 aromatic carbocycles. The van der Waals surface area contributed by atoms with Gasteiger partial charge in [0.15, 0.2) is 0 Å². The molecule has 0 saturated carbocycles. The molecule has 0 aliphatic heterocycles. The molecule has 2 aromatic rings. The highest BCUT2D eigenvalue weighted by Gasteiger charge is 2.17. The van der Waals surface area contributed by atoms with Crippen LogP contribution in [0.3, 0.4) is 0 Å². The molecule has 0 aliphatic carbocycles. The molecule has 2 rings (SSSR count). The number of hydrogen-bond acceptors (Lipinski definition) is 3. The van der Waals surface area contributed by atoms with Crippen LogP contribution in [-0.2, 0) is 6.54 Å². The second-order valence-corrected chi connectivity index (χ2v) is 5.73. The van der Waals surface area contributed by atoms with Crippen LogP contribution >= 0.6 is 0 Å². The second-order valence-electron chi connectivity index (χ2n) is 5.73. The number of aryl methyl sites for hydroxylation is 1. The number of H-pyrrole nitrogens is 1. The zero-order valence-electron chi connectivity index (χ0n) is 13.5. The minimum absolute atomic E-state index is 0.0804. The van der Waals surface area contributed by atoms with E-state index < -0.39 is 0 Å². The van der Waals surface area contributed by atoms with E-state index in [-0.39, 0.29) is 6.10 Å². The zero-order chi connectivity index (χ0) is 15.4. The minimum atomic E-state index is -0.0804. The van der Waals surface area contributed by atoms with Crippen LogP contribution in [0.4, 0.5) is 0 Å². The van der Waals surface area contributed by atoms with Crippen molar-refractivity contribution in [3.63, 3.8) is 0 Å². The predicted molar refractivity (Wildman–Crippen MR) is 85.7 cm³/mol. The third-order valence-electron chi connectivity index (χ3n) is 3.70. The summed E-state index contributed by atoms with van der Waals surface area (Å²) in [6.07, 6.45) is -0.0804. The van der Waals surface area contributed by atoms with Crippen molar-refractivity contribution in [2.24, 2.45) is 0 Å². The molecule has 4 heteroatoms. The van der Waals surface area contributed by atoms with Crippen LogP contribution in [0.5, 0.6) is 5.75 Å². The Morgan fingerprint density at radius 1 is 1.19 bits per heavy atom. The average Bonchev–Trinajstić information content (AvgIpc) is 2.81. The van der Waals surface area contributed by atoms with Gasteiger partial charge in [-0.3, -0.25) is 5.10 Å². The standard InChI is InChI=1S/C17H25N3O/c1-11(2)14-6-8-15(9-7-14)21-13(4)17-16(10-18-5)12(3)19-20-17/h6-9,11,13,18H,10H2,1-5H3,(H,19,20). The van der Waals surface area contributed by atoms with Crippen LogP contribution in [0.2, 0.25) is 0 Å². The number of hydrogen-bond donors (Lipinski definition) is 2. The van der Waals surface area contributed by atoms with Crippen molar-refractivity contribution in [1.82, 2.24) is 15.5 Å². The van der Waals surface area contributed by atoms with Crippen LogP contribution in [0.15, 0.2) is 24.3 Å². The molecular formula is C17H25N3O. The smallest absolute Gasteiger partial charge is 0.140 e. The van der Waals surface area contributed by atoms with Crippen molar-refractivity contribution < 1.29 is 4.74 Å². The molecule has 0 aliphatic rings. The number of nitrogens with zero attached hydrogens (tertiary/aromatic N) is 1. The maximum Gasteiger partial charge on any atom is 0.140 e. The van der Waals surface area contributed by atoms with Gasteiger partial charge < -0.3 is 10.1 Å². The van der Waals surface area contributed by atoms with E-state index in [1.807, 2.05) is 33.0 Å². The van der Waals surface area contributed by atoms with E-state index in [0.29, 0.717) is 5.92 Å². The van der Waals surface area contributed by atoms with Gasteiger partial charge in [-0.15, -0.1) is 0 Å². The Kier molecular flexibility index (Phi) is 5.02. The second kappa shape index (κ2) is 6.76. The van der Waals surface area contributed by atoms with Gasteiger partial charge in [-0.1, -0.05) is 26.0 Å². The Labute approximate surface area is 126 Å². The maximum absolute atomic E-state index is 6.03. The van der Waals surface area contributed by atoms with Crippen LogP contribution in [0.25, 0.3) is 0 Å². The third kappa shape index (κ3) is 3.64. The number of aromatic nitrogens is 2. The van der Waals surface area contributed by atoms with E-state index in [4.69, 9.17) is 4.74 Å². The number of ether oxygens (including phenoxy) is 1. The van der Waals surface area contributed by atoms with E-state index >= 15 is 0 Å². The van der Waals surface area contributed by atoms with Gasteiger partial charge >= 0.3 is 0 Å². The molecule has 1 heterocycles. The normalized spacial score (nSPS) is 12.7. The van der Waals surface area contributed by atoms with Gasteiger partial charge in [0, 0.05) is 17.8 Å². The summed E-state index contributed by atoms with van der Waals surface area (Å²) in [6, 6.07) is 8.31. The fourth-order valence-electron chi connectivity index (χ4n) is 2.40. The third-order valence-corrected chi connectivity index (χ3v) is 3.70. The first-order valence-corrected chi connectivity index (χ1v) is 7.47. The molecule has 0 bridgehead atoms. The highest BCUT2D eigenvalue weighted by Crippen LogP contribution is 2.25. The number of nitrogens with one attached hydrogen (secondary N) is 2. The lowest BCUT2D eigenvalue weighted by Gasteiger charge is -2.15. The summed E-state index contributed by atoms with van der Waals surface area (Å²) in [6.45, 7) is 9.24. The minimum Gasteiger partial charge on any atom is -0.484 e. The topological polar surface area (TPSA) is 49.9 Å². The summed E-state index contributed by atoms with van der Waals surface area (Å²) in [5, 5.41) is 10.6. The first-order valence-electron chi connectivity index (χ1n) is 7.47. The molecule has 0 spiro atoms. The monoisotopic (exact) mass is 287 g/mol. The maximum atomic E-state index is 6.03. The Hall–Kier alpha value is -1.81. The van der Waals surface area contributed by atoms with Crippen molar-refractivity contribution in [3.05, 3.63) is 46.8 Å². The highest BCUT2D eigenvalue weighted by molar-refractivity contribution is 5.31. The Morgan fingerprint density at radius 2 is 1.86 bits per heavy atom. The van der Waals surface area contributed by atoms with Gasteiger partial charge in [-0.2, -0.15) is 5.10 Å². The van der Waals surface area contributed by atoms with Gasteiger partial charge in [-0.05, 0) is 44.5 Å². The molecule has 0 saturated heterocycles. The van der Waals surface area contributed by atoms with Gasteiger partial charge in [0.25, 0.3) is 0 Å². The Balaban J connectivity index is 2.12. The lowest BCUT2D eigenvalue weighted by Crippen LogP contribution is -2.12. The lowest BCUT2D eigenvalue weighted by molar-refractivity contribution is 0.220. The van der Waals surface area contributed by atoms with Gasteiger partial charge in [0.05, 0.1) is 0 Å². The van der Waals surface area contributed by atoms with Crippen LogP contribution in [0, 0.1) is 6.92 Å². The van der Waals surface area contributed by atoms with Crippen molar-refractivity contribution in [2.45, 2.75) is 46.3 Å². The molecular weight excluding hydrogens is 262 g/mol. The van der Waals surface area contributed by atoms with Gasteiger partial charge in [0.2, 0.25) is 0 Å².